The van der Waals surface area contributed by atoms with Gasteiger partial charge in [-0.1, -0.05) is 0 Å². The van der Waals surface area contributed by atoms with E-state index in [-0.39, 0.29) is 12.1 Å². The van der Waals surface area contributed by atoms with E-state index in [0.717, 1.165) is 13.3 Å². The first-order valence-corrected chi connectivity index (χ1v) is 4.82. The molecule has 0 aliphatic carbocycles. The van der Waals surface area contributed by atoms with Crippen LogP contribution in [0.1, 0.15) is 21.5 Å². The molecule has 0 spiro atoms. The van der Waals surface area contributed by atoms with E-state index >= 15 is 0 Å². The molecule has 0 unspecified atom stereocenters. The highest BCUT2D eigenvalue weighted by Crippen LogP contribution is 2.28. The van der Waals surface area contributed by atoms with Crippen molar-refractivity contribution in [1.82, 2.24) is 4.98 Å². The molecule has 0 radical (unpaired) electrons. The number of nitrogens with zero attached hydrogens (tertiary/aromatic N) is 1. The molecule has 18 heavy (non-hydrogen) atoms. The van der Waals surface area contributed by atoms with Crippen molar-refractivity contribution in [3.63, 3.8) is 0 Å². The van der Waals surface area contributed by atoms with Gasteiger partial charge in [0.15, 0.2) is 0 Å². The summed E-state index contributed by atoms with van der Waals surface area (Å²) in [7, 11) is 1.04. The van der Waals surface area contributed by atoms with Crippen LogP contribution in [0, 0.1) is 6.92 Å². The molecule has 0 saturated carbocycles. The number of methoxy groups -OCH3 is 1. The van der Waals surface area contributed by atoms with Crippen LogP contribution in [-0.4, -0.2) is 24.4 Å². The number of esters is 1. The monoisotopic (exact) mass is 264 g/mol. The normalized spacial score (nSPS) is 11.2. The van der Waals surface area contributed by atoms with Crippen LogP contribution in [0.4, 0.5) is 13.2 Å². The SMILES string of the molecule is COC(=O)c1c(OC(F)(F)F)ncc(C)c1CN. The zero-order valence-corrected chi connectivity index (χ0v) is 9.67. The van der Waals surface area contributed by atoms with Crippen molar-refractivity contribution in [2.75, 3.05) is 7.11 Å². The maximum atomic E-state index is 12.2. The number of rotatable bonds is 3. The van der Waals surface area contributed by atoms with Gasteiger partial charge in [0, 0.05) is 12.7 Å². The predicted molar refractivity (Wildman–Crippen MR) is 54.9 cm³/mol. The highest BCUT2D eigenvalue weighted by atomic mass is 19.4. The Kier molecular flexibility index (Phi) is 4.12. The standard InChI is InChI=1S/C10H11F3N2O3/c1-5-4-15-8(18-10(11,12)13)7(6(5)3-14)9(16)17-2/h4H,3,14H2,1-2H3. The van der Waals surface area contributed by atoms with Gasteiger partial charge >= 0.3 is 12.3 Å². The third kappa shape index (κ3) is 3.10. The number of hydrogen-bond donors (Lipinski definition) is 1. The Hall–Kier alpha value is -1.83. The molecule has 0 atom stereocenters. The molecule has 1 rings (SSSR count). The van der Waals surface area contributed by atoms with Crippen LogP contribution in [0.15, 0.2) is 6.20 Å². The number of pyridine rings is 1. The van der Waals surface area contributed by atoms with Crippen LogP contribution in [-0.2, 0) is 11.3 Å². The van der Waals surface area contributed by atoms with E-state index in [2.05, 4.69) is 14.5 Å². The molecule has 0 aliphatic rings. The van der Waals surface area contributed by atoms with E-state index < -0.39 is 23.8 Å². The van der Waals surface area contributed by atoms with Crippen LogP contribution in [0.3, 0.4) is 0 Å². The van der Waals surface area contributed by atoms with E-state index in [0.29, 0.717) is 5.56 Å². The molecule has 0 fully saturated rings. The number of alkyl halides is 3. The van der Waals surface area contributed by atoms with E-state index in [9.17, 15) is 18.0 Å². The molecule has 0 bridgehead atoms. The molecule has 8 heteroatoms. The topological polar surface area (TPSA) is 74.4 Å². The van der Waals surface area contributed by atoms with Crippen LogP contribution >= 0.6 is 0 Å². The maximum absolute atomic E-state index is 12.2. The first-order valence-electron chi connectivity index (χ1n) is 4.82. The number of carbonyl (C=O) groups excluding carboxylic acids is 1. The quantitative estimate of drug-likeness (QED) is 0.838. The number of ether oxygens (including phenoxy) is 2. The number of aryl methyl sites for hydroxylation is 1. The van der Waals surface area contributed by atoms with Crippen molar-refractivity contribution in [1.29, 1.82) is 0 Å². The smallest absolute Gasteiger partial charge is 0.465 e. The summed E-state index contributed by atoms with van der Waals surface area (Å²) in [5.74, 6) is -1.84. The second-order valence-electron chi connectivity index (χ2n) is 3.34. The lowest BCUT2D eigenvalue weighted by atomic mass is 10.1. The molecular weight excluding hydrogens is 253 g/mol. The van der Waals surface area contributed by atoms with E-state index in [4.69, 9.17) is 5.73 Å². The summed E-state index contributed by atoms with van der Waals surface area (Å²) in [5, 5.41) is 0. The van der Waals surface area contributed by atoms with Gasteiger partial charge in [-0.2, -0.15) is 0 Å². The number of aromatic nitrogens is 1. The van der Waals surface area contributed by atoms with E-state index in [1.54, 1.807) is 6.92 Å². The highest BCUT2D eigenvalue weighted by molar-refractivity contribution is 5.93. The van der Waals surface area contributed by atoms with Crippen LogP contribution in [0.5, 0.6) is 5.88 Å². The molecule has 1 heterocycles. The maximum Gasteiger partial charge on any atom is 0.574 e. The third-order valence-corrected chi connectivity index (χ3v) is 2.17. The lowest BCUT2D eigenvalue weighted by molar-refractivity contribution is -0.276. The minimum Gasteiger partial charge on any atom is -0.465 e. The predicted octanol–water partition coefficient (Wildman–Crippen LogP) is 1.53. The Morgan fingerprint density at radius 3 is 2.56 bits per heavy atom. The molecular formula is C10H11F3N2O3. The molecule has 0 amide bonds. The second-order valence-corrected chi connectivity index (χ2v) is 3.34. The number of carbonyl (C=O) groups is 1. The second kappa shape index (κ2) is 5.21. The lowest BCUT2D eigenvalue weighted by Crippen LogP contribution is -2.22. The zero-order valence-electron chi connectivity index (χ0n) is 9.67. The number of hydrogen-bond acceptors (Lipinski definition) is 5. The minimum atomic E-state index is -4.95. The highest BCUT2D eigenvalue weighted by Gasteiger charge is 2.35. The van der Waals surface area contributed by atoms with Gasteiger partial charge in [-0.05, 0) is 18.1 Å². The van der Waals surface area contributed by atoms with Crippen molar-refractivity contribution in [2.45, 2.75) is 19.8 Å². The third-order valence-electron chi connectivity index (χ3n) is 2.17. The summed E-state index contributed by atoms with van der Waals surface area (Å²) in [6.45, 7) is 1.44. The molecule has 0 aromatic carbocycles. The zero-order chi connectivity index (χ0) is 13.9. The van der Waals surface area contributed by atoms with Crippen LogP contribution < -0.4 is 10.5 Å². The Morgan fingerprint density at radius 1 is 1.50 bits per heavy atom. The summed E-state index contributed by atoms with van der Waals surface area (Å²) in [5.41, 5.74) is 5.68. The Bertz CT molecular complexity index is 460. The van der Waals surface area contributed by atoms with Gasteiger partial charge in [0.05, 0.1) is 7.11 Å². The average Bonchev–Trinajstić information content (AvgIpc) is 2.28. The first-order chi connectivity index (χ1) is 8.30. The average molecular weight is 264 g/mol. The molecule has 1 aromatic heterocycles. The molecule has 2 N–H and O–H groups in total. The summed E-state index contributed by atoms with van der Waals surface area (Å²) in [6.07, 6.45) is -3.80. The fourth-order valence-corrected chi connectivity index (χ4v) is 1.39. The van der Waals surface area contributed by atoms with Gasteiger partial charge in [-0.25, -0.2) is 9.78 Å². The van der Waals surface area contributed by atoms with Crippen molar-refractivity contribution in [3.05, 3.63) is 22.9 Å². The number of halogens is 3. The van der Waals surface area contributed by atoms with Crippen molar-refractivity contribution >= 4 is 5.97 Å². The van der Waals surface area contributed by atoms with Gasteiger partial charge < -0.3 is 15.2 Å². The first kappa shape index (κ1) is 14.2. The van der Waals surface area contributed by atoms with E-state index in [1.807, 2.05) is 0 Å². The van der Waals surface area contributed by atoms with Crippen molar-refractivity contribution in [3.8, 4) is 5.88 Å². The summed E-state index contributed by atoms with van der Waals surface area (Å²) in [6, 6.07) is 0. The van der Waals surface area contributed by atoms with Gasteiger partial charge in [-0.3, -0.25) is 0 Å². The van der Waals surface area contributed by atoms with Gasteiger partial charge in [0.1, 0.15) is 5.56 Å². The van der Waals surface area contributed by atoms with Gasteiger partial charge in [0.25, 0.3) is 0 Å². The van der Waals surface area contributed by atoms with Crippen LogP contribution in [0.2, 0.25) is 0 Å². The largest absolute Gasteiger partial charge is 0.574 e. The van der Waals surface area contributed by atoms with E-state index in [1.165, 1.54) is 0 Å². The Balaban J connectivity index is 3.38. The Morgan fingerprint density at radius 2 is 2.11 bits per heavy atom. The van der Waals surface area contributed by atoms with Crippen LogP contribution in [0.25, 0.3) is 0 Å². The van der Waals surface area contributed by atoms with Crippen molar-refractivity contribution in [2.24, 2.45) is 5.73 Å². The summed E-state index contributed by atoms with van der Waals surface area (Å²) in [4.78, 5) is 14.9. The molecule has 5 nitrogen and oxygen atoms in total. The summed E-state index contributed by atoms with van der Waals surface area (Å²) < 4.78 is 44.6. The number of nitrogens with two attached hydrogens (primary N) is 1. The minimum absolute atomic E-state index is 0.132. The van der Waals surface area contributed by atoms with Gasteiger partial charge in [-0.15, -0.1) is 13.2 Å². The fourth-order valence-electron chi connectivity index (χ4n) is 1.39. The molecule has 1 aromatic rings. The van der Waals surface area contributed by atoms with Gasteiger partial charge in [0.2, 0.25) is 5.88 Å². The fraction of sp³-hybridized carbons (Fsp3) is 0.400. The molecule has 0 aliphatic heterocycles. The molecule has 100 valence electrons. The lowest BCUT2D eigenvalue weighted by Gasteiger charge is -2.15. The van der Waals surface area contributed by atoms with Crippen molar-refractivity contribution < 1.29 is 27.4 Å². The summed E-state index contributed by atoms with van der Waals surface area (Å²) >= 11 is 0. The Labute approximate surface area is 101 Å². The molecule has 0 saturated heterocycles.